The van der Waals surface area contributed by atoms with Gasteiger partial charge in [0.05, 0.1) is 10.2 Å². The van der Waals surface area contributed by atoms with E-state index in [0.717, 1.165) is 24.2 Å². The van der Waals surface area contributed by atoms with E-state index in [2.05, 4.69) is 44.4 Å². The maximum Gasteiger partial charge on any atom is 0.299 e. The van der Waals surface area contributed by atoms with E-state index in [1.807, 2.05) is 13.0 Å². The summed E-state index contributed by atoms with van der Waals surface area (Å²) in [5.74, 6) is 0.263. The monoisotopic (exact) mass is 400 g/mol. The van der Waals surface area contributed by atoms with Crippen molar-refractivity contribution < 1.29 is 8.81 Å². The summed E-state index contributed by atoms with van der Waals surface area (Å²) >= 11 is 3.17. The van der Waals surface area contributed by atoms with Gasteiger partial charge in [-0.3, -0.25) is 0 Å². The Hall–Kier alpha value is -2.14. The second kappa shape index (κ2) is 6.64. The molecule has 3 aromatic rings. The Kier molecular flexibility index (Phi) is 4.34. The molecule has 25 heavy (non-hydrogen) atoms. The number of hydrogen-bond acceptors (Lipinski definition) is 3. The molecule has 1 aromatic heterocycles. The molecule has 0 saturated carbocycles. The van der Waals surface area contributed by atoms with Crippen LogP contribution in [0.3, 0.4) is 0 Å². The highest BCUT2D eigenvalue weighted by Gasteiger charge is 2.17. The van der Waals surface area contributed by atoms with Gasteiger partial charge in [-0.1, -0.05) is 12.1 Å². The molecule has 1 aliphatic carbocycles. The van der Waals surface area contributed by atoms with Crippen LogP contribution in [-0.2, 0) is 12.8 Å². The highest BCUT2D eigenvalue weighted by atomic mass is 79.9. The van der Waals surface area contributed by atoms with Crippen molar-refractivity contribution in [3.63, 3.8) is 0 Å². The smallest absolute Gasteiger partial charge is 0.299 e. The van der Waals surface area contributed by atoms with Gasteiger partial charge in [0.1, 0.15) is 5.82 Å². The number of nitrogens with zero attached hydrogens (tertiary/aromatic N) is 1. The van der Waals surface area contributed by atoms with Crippen molar-refractivity contribution in [2.24, 2.45) is 0 Å². The van der Waals surface area contributed by atoms with Crippen molar-refractivity contribution >= 4 is 27.6 Å². The molecule has 3 nitrogen and oxygen atoms in total. The first kappa shape index (κ1) is 16.3. The second-order valence-electron chi connectivity index (χ2n) is 6.34. The van der Waals surface area contributed by atoms with Crippen LogP contribution in [0.25, 0.3) is 11.3 Å². The minimum atomic E-state index is -0.320. The number of oxazole rings is 1. The summed E-state index contributed by atoms with van der Waals surface area (Å²) < 4.78 is 20.1. The van der Waals surface area contributed by atoms with E-state index in [-0.39, 0.29) is 5.82 Å². The van der Waals surface area contributed by atoms with Crippen molar-refractivity contribution in [2.75, 3.05) is 5.32 Å². The Morgan fingerprint density at radius 3 is 2.84 bits per heavy atom. The lowest BCUT2D eigenvalue weighted by atomic mass is 9.90. The third-order valence-corrected chi connectivity index (χ3v) is 5.26. The van der Waals surface area contributed by atoms with Gasteiger partial charge in [-0.05, 0) is 83.9 Å². The zero-order valence-corrected chi connectivity index (χ0v) is 15.5. The molecule has 0 fully saturated rings. The number of aromatic nitrogens is 1. The fourth-order valence-corrected chi connectivity index (χ4v) is 3.62. The van der Waals surface area contributed by atoms with Gasteiger partial charge in [0, 0.05) is 11.3 Å². The normalized spacial score (nSPS) is 13.6. The van der Waals surface area contributed by atoms with Gasteiger partial charge in [-0.15, -0.1) is 0 Å². The zero-order chi connectivity index (χ0) is 17.4. The van der Waals surface area contributed by atoms with Gasteiger partial charge in [0.15, 0.2) is 5.76 Å². The second-order valence-corrected chi connectivity index (χ2v) is 7.19. The van der Waals surface area contributed by atoms with Crippen molar-refractivity contribution in [1.29, 1.82) is 0 Å². The number of rotatable bonds is 3. The number of benzene rings is 2. The summed E-state index contributed by atoms with van der Waals surface area (Å²) in [5.41, 5.74) is 5.20. The van der Waals surface area contributed by atoms with Gasteiger partial charge in [0.25, 0.3) is 6.01 Å². The van der Waals surface area contributed by atoms with E-state index in [0.29, 0.717) is 21.8 Å². The molecule has 0 bridgehead atoms. The Bertz CT molecular complexity index is 935. The first-order valence-electron chi connectivity index (χ1n) is 8.42. The average molecular weight is 401 g/mol. The van der Waals surface area contributed by atoms with E-state index < -0.39 is 0 Å². The maximum absolute atomic E-state index is 13.8. The van der Waals surface area contributed by atoms with Crippen LogP contribution in [0.1, 0.15) is 29.7 Å². The van der Waals surface area contributed by atoms with Crippen LogP contribution in [0.15, 0.2) is 45.3 Å². The number of halogens is 2. The van der Waals surface area contributed by atoms with Crippen LogP contribution in [0.5, 0.6) is 0 Å². The third kappa shape index (κ3) is 3.21. The van der Waals surface area contributed by atoms with Crippen LogP contribution < -0.4 is 5.32 Å². The fourth-order valence-electron chi connectivity index (χ4n) is 3.37. The molecule has 1 aliphatic rings. The fraction of sp³-hybridized carbons (Fsp3) is 0.250. The lowest BCUT2D eigenvalue weighted by Crippen LogP contribution is -2.06. The molecule has 0 unspecified atom stereocenters. The van der Waals surface area contributed by atoms with Gasteiger partial charge in [-0.25, -0.2) is 4.39 Å². The predicted octanol–water partition coefficient (Wildman–Crippen LogP) is 6.17. The van der Waals surface area contributed by atoms with E-state index in [1.54, 1.807) is 6.07 Å². The van der Waals surface area contributed by atoms with Crippen LogP contribution in [0.4, 0.5) is 16.1 Å². The molecule has 1 N–H and O–H groups in total. The van der Waals surface area contributed by atoms with E-state index in [4.69, 9.17) is 4.42 Å². The Morgan fingerprint density at radius 2 is 2.00 bits per heavy atom. The molecule has 5 heteroatoms. The number of hydrogen-bond donors (Lipinski definition) is 1. The van der Waals surface area contributed by atoms with Gasteiger partial charge in [0.2, 0.25) is 0 Å². The lowest BCUT2D eigenvalue weighted by molar-refractivity contribution is 0.587. The topological polar surface area (TPSA) is 38.1 Å². The highest BCUT2D eigenvalue weighted by Crippen LogP contribution is 2.33. The van der Waals surface area contributed by atoms with Crippen LogP contribution in [0.2, 0.25) is 0 Å². The van der Waals surface area contributed by atoms with Crippen LogP contribution >= 0.6 is 15.9 Å². The van der Waals surface area contributed by atoms with Crippen molar-refractivity contribution in [3.8, 4) is 11.3 Å². The average Bonchev–Trinajstić information content (AvgIpc) is 2.98. The standard InChI is InChI=1S/C20H18BrFN2O/c1-12-19(14-9-10-16(21)17(22)11-14)25-20(23-12)24-18-8-4-6-13-5-2-3-7-15(13)18/h4,6,8-11H,2-3,5,7H2,1H3,(H,23,24). The summed E-state index contributed by atoms with van der Waals surface area (Å²) in [7, 11) is 0. The van der Waals surface area contributed by atoms with Crippen molar-refractivity contribution in [1.82, 2.24) is 4.98 Å². The largest absolute Gasteiger partial charge is 0.423 e. The van der Waals surface area contributed by atoms with Crippen molar-refractivity contribution in [2.45, 2.75) is 32.6 Å². The number of aryl methyl sites for hydroxylation is 2. The minimum absolute atomic E-state index is 0.320. The molecule has 0 spiro atoms. The molecule has 0 saturated heterocycles. The Labute approximate surface area is 154 Å². The first-order valence-corrected chi connectivity index (χ1v) is 9.22. The quantitative estimate of drug-likeness (QED) is 0.570. The van der Waals surface area contributed by atoms with Gasteiger partial charge < -0.3 is 9.73 Å². The number of fused-ring (bicyclic) bond motifs is 1. The predicted molar refractivity (Wildman–Crippen MR) is 101 cm³/mol. The lowest BCUT2D eigenvalue weighted by Gasteiger charge is -2.19. The molecule has 0 radical (unpaired) electrons. The van der Waals surface area contributed by atoms with Crippen molar-refractivity contribution in [3.05, 3.63) is 63.5 Å². The molecular formula is C20H18BrFN2O. The molecule has 2 aromatic carbocycles. The highest BCUT2D eigenvalue weighted by molar-refractivity contribution is 9.10. The molecule has 0 atom stereocenters. The Balaban J connectivity index is 1.66. The number of nitrogens with one attached hydrogen (secondary N) is 1. The molecular weight excluding hydrogens is 383 g/mol. The summed E-state index contributed by atoms with van der Waals surface area (Å²) in [4.78, 5) is 4.47. The summed E-state index contributed by atoms with van der Waals surface area (Å²) in [6.45, 7) is 1.87. The Morgan fingerprint density at radius 1 is 1.16 bits per heavy atom. The van der Waals surface area contributed by atoms with E-state index in [9.17, 15) is 4.39 Å². The molecule has 4 rings (SSSR count). The van der Waals surface area contributed by atoms with Crippen LogP contribution in [0, 0.1) is 12.7 Å². The van der Waals surface area contributed by atoms with E-state index >= 15 is 0 Å². The minimum Gasteiger partial charge on any atom is -0.423 e. The molecule has 0 aliphatic heterocycles. The summed E-state index contributed by atoms with van der Waals surface area (Å²) in [6, 6.07) is 11.7. The summed E-state index contributed by atoms with van der Waals surface area (Å²) in [5, 5.41) is 3.31. The zero-order valence-electron chi connectivity index (χ0n) is 13.9. The van der Waals surface area contributed by atoms with Gasteiger partial charge >= 0.3 is 0 Å². The van der Waals surface area contributed by atoms with Crippen LogP contribution in [-0.4, -0.2) is 4.98 Å². The van der Waals surface area contributed by atoms with E-state index in [1.165, 1.54) is 30.0 Å². The maximum atomic E-state index is 13.8. The number of anilines is 2. The van der Waals surface area contributed by atoms with Gasteiger partial charge in [-0.2, -0.15) is 4.98 Å². The first-order chi connectivity index (χ1) is 12.1. The SMILES string of the molecule is Cc1nc(Nc2cccc3c2CCCC3)oc1-c1ccc(Br)c(F)c1. The molecule has 128 valence electrons. The molecule has 1 heterocycles. The molecule has 0 amide bonds. The third-order valence-electron chi connectivity index (χ3n) is 4.62. The summed E-state index contributed by atoms with van der Waals surface area (Å²) in [6.07, 6.45) is 4.65.